The van der Waals surface area contributed by atoms with Crippen LogP contribution in [0.4, 0.5) is 0 Å². The fourth-order valence-corrected chi connectivity index (χ4v) is 2.02. The van der Waals surface area contributed by atoms with Crippen LogP contribution in [0.1, 0.15) is 25.0 Å². The molecule has 0 aromatic heterocycles. The molecule has 0 saturated heterocycles. The van der Waals surface area contributed by atoms with Crippen molar-refractivity contribution in [3.05, 3.63) is 35.4 Å². The summed E-state index contributed by atoms with van der Waals surface area (Å²) >= 11 is 0. The Labute approximate surface area is 105 Å². The summed E-state index contributed by atoms with van der Waals surface area (Å²) in [6.07, 6.45) is 0. The highest BCUT2D eigenvalue weighted by atomic mass is 16.3. The van der Waals surface area contributed by atoms with Crippen molar-refractivity contribution in [2.75, 3.05) is 20.2 Å². The maximum Gasteiger partial charge on any atom is 0.0473 e. The topological polar surface area (TPSA) is 23.5 Å². The molecule has 0 fully saturated rings. The van der Waals surface area contributed by atoms with E-state index in [4.69, 9.17) is 0 Å². The Balaban J connectivity index is 2.55. The van der Waals surface area contributed by atoms with Crippen molar-refractivity contribution in [3.8, 4) is 0 Å². The van der Waals surface area contributed by atoms with Crippen molar-refractivity contribution in [1.29, 1.82) is 0 Å². The van der Waals surface area contributed by atoms with Crippen LogP contribution < -0.4 is 0 Å². The van der Waals surface area contributed by atoms with Gasteiger partial charge in [-0.15, -0.1) is 0 Å². The molecule has 17 heavy (non-hydrogen) atoms. The van der Waals surface area contributed by atoms with E-state index in [0.29, 0.717) is 11.8 Å². The lowest BCUT2D eigenvalue weighted by atomic mass is 9.96. The Morgan fingerprint density at radius 2 is 1.88 bits per heavy atom. The van der Waals surface area contributed by atoms with E-state index in [1.807, 2.05) is 0 Å². The van der Waals surface area contributed by atoms with E-state index in [1.54, 1.807) is 0 Å². The number of aliphatic hydroxyl groups is 1. The summed E-state index contributed by atoms with van der Waals surface area (Å²) < 4.78 is 0. The summed E-state index contributed by atoms with van der Waals surface area (Å²) in [5.74, 6) is 0.892. The standard InChI is InChI=1S/C15H25NO/c1-12(2)15(11-17)10-16(4)9-14-8-6-5-7-13(14)3/h5-8,12,15,17H,9-11H2,1-4H3. The zero-order valence-electron chi connectivity index (χ0n) is 11.5. The molecule has 1 N–H and O–H groups in total. The Morgan fingerprint density at radius 1 is 1.24 bits per heavy atom. The van der Waals surface area contributed by atoms with Gasteiger partial charge in [-0.2, -0.15) is 0 Å². The first-order chi connectivity index (χ1) is 8.04. The molecule has 1 atom stereocenters. The first kappa shape index (κ1) is 14.2. The average Bonchev–Trinajstić information content (AvgIpc) is 2.28. The minimum Gasteiger partial charge on any atom is -0.396 e. The van der Waals surface area contributed by atoms with E-state index in [0.717, 1.165) is 13.1 Å². The second-order valence-electron chi connectivity index (χ2n) is 5.31. The second kappa shape index (κ2) is 6.77. The minimum atomic E-state index is 0.274. The SMILES string of the molecule is Cc1ccccc1CN(C)CC(CO)C(C)C. The van der Waals surface area contributed by atoms with Gasteiger partial charge in [0.05, 0.1) is 0 Å². The molecule has 0 aliphatic heterocycles. The lowest BCUT2D eigenvalue weighted by Gasteiger charge is -2.25. The highest BCUT2D eigenvalue weighted by Crippen LogP contribution is 2.14. The number of rotatable bonds is 6. The van der Waals surface area contributed by atoms with Crippen molar-refractivity contribution in [2.45, 2.75) is 27.3 Å². The summed E-state index contributed by atoms with van der Waals surface area (Å²) in [4.78, 5) is 2.29. The summed E-state index contributed by atoms with van der Waals surface area (Å²) in [7, 11) is 2.12. The van der Waals surface area contributed by atoms with Gasteiger partial charge in [0.1, 0.15) is 0 Å². The number of hydrogen-bond acceptors (Lipinski definition) is 2. The van der Waals surface area contributed by atoms with E-state index in [-0.39, 0.29) is 6.61 Å². The van der Waals surface area contributed by atoms with Crippen molar-refractivity contribution >= 4 is 0 Å². The molecule has 0 saturated carbocycles. The van der Waals surface area contributed by atoms with Gasteiger partial charge in [-0.25, -0.2) is 0 Å². The first-order valence-corrected chi connectivity index (χ1v) is 6.38. The quantitative estimate of drug-likeness (QED) is 0.819. The van der Waals surface area contributed by atoms with Gasteiger partial charge in [-0.05, 0) is 36.9 Å². The molecule has 1 rings (SSSR count). The molecule has 0 amide bonds. The Hall–Kier alpha value is -0.860. The van der Waals surface area contributed by atoms with Gasteiger partial charge in [-0.3, -0.25) is 0 Å². The molecule has 1 unspecified atom stereocenters. The molecule has 96 valence electrons. The summed E-state index contributed by atoms with van der Waals surface area (Å²) in [6.45, 7) is 8.66. The van der Waals surface area contributed by atoms with Crippen LogP contribution in [-0.2, 0) is 6.54 Å². The van der Waals surface area contributed by atoms with Crippen molar-refractivity contribution in [2.24, 2.45) is 11.8 Å². The van der Waals surface area contributed by atoms with Crippen molar-refractivity contribution in [1.82, 2.24) is 4.90 Å². The first-order valence-electron chi connectivity index (χ1n) is 6.38. The molecule has 0 aliphatic carbocycles. The fourth-order valence-electron chi connectivity index (χ4n) is 2.02. The molecule has 0 spiro atoms. The van der Waals surface area contributed by atoms with Gasteiger partial charge < -0.3 is 10.0 Å². The molecule has 2 nitrogen and oxygen atoms in total. The number of nitrogens with zero attached hydrogens (tertiary/aromatic N) is 1. The zero-order chi connectivity index (χ0) is 12.8. The minimum absolute atomic E-state index is 0.274. The lowest BCUT2D eigenvalue weighted by molar-refractivity contribution is 0.143. The molecular formula is C15H25NO. The van der Waals surface area contributed by atoms with E-state index in [1.165, 1.54) is 11.1 Å². The molecule has 0 bridgehead atoms. The van der Waals surface area contributed by atoms with Crippen LogP contribution in [0.2, 0.25) is 0 Å². The van der Waals surface area contributed by atoms with Gasteiger partial charge in [0.25, 0.3) is 0 Å². The van der Waals surface area contributed by atoms with Crippen LogP contribution in [0.3, 0.4) is 0 Å². The van der Waals surface area contributed by atoms with E-state index >= 15 is 0 Å². The molecule has 0 heterocycles. The Kier molecular flexibility index (Phi) is 5.66. The van der Waals surface area contributed by atoms with Crippen LogP contribution in [0.25, 0.3) is 0 Å². The molecule has 2 heteroatoms. The van der Waals surface area contributed by atoms with Crippen LogP contribution in [0, 0.1) is 18.8 Å². The van der Waals surface area contributed by atoms with E-state index in [2.05, 4.69) is 57.0 Å². The summed E-state index contributed by atoms with van der Waals surface area (Å²) in [5, 5.41) is 9.34. The highest BCUT2D eigenvalue weighted by molar-refractivity contribution is 5.25. The van der Waals surface area contributed by atoms with Crippen molar-refractivity contribution in [3.63, 3.8) is 0 Å². The van der Waals surface area contributed by atoms with E-state index < -0.39 is 0 Å². The van der Waals surface area contributed by atoms with E-state index in [9.17, 15) is 5.11 Å². The highest BCUT2D eigenvalue weighted by Gasteiger charge is 2.14. The molecule has 1 aromatic carbocycles. The largest absolute Gasteiger partial charge is 0.396 e. The monoisotopic (exact) mass is 235 g/mol. The Morgan fingerprint density at radius 3 is 2.41 bits per heavy atom. The second-order valence-corrected chi connectivity index (χ2v) is 5.31. The number of benzene rings is 1. The molecular weight excluding hydrogens is 210 g/mol. The van der Waals surface area contributed by atoms with Gasteiger partial charge >= 0.3 is 0 Å². The summed E-state index contributed by atoms with van der Waals surface area (Å²) in [5.41, 5.74) is 2.71. The van der Waals surface area contributed by atoms with Crippen LogP contribution in [0.5, 0.6) is 0 Å². The molecule has 1 aromatic rings. The van der Waals surface area contributed by atoms with Gasteiger partial charge in [-0.1, -0.05) is 38.1 Å². The van der Waals surface area contributed by atoms with Gasteiger partial charge in [0.2, 0.25) is 0 Å². The van der Waals surface area contributed by atoms with Crippen LogP contribution in [-0.4, -0.2) is 30.2 Å². The zero-order valence-corrected chi connectivity index (χ0v) is 11.5. The predicted molar refractivity (Wildman–Crippen MR) is 72.9 cm³/mol. The maximum absolute atomic E-state index is 9.34. The average molecular weight is 235 g/mol. The van der Waals surface area contributed by atoms with Crippen molar-refractivity contribution < 1.29 is 5.11 Å². The van der Waals surface area contributed by atoms with Gasteiger partial charge in [0.15, 0.2) is 0 Å². The van der Waals surface area contributed by atoms with Crippen LogP contribution in [0.15, 0.2) is 24.3 Å². The van der Waals surface area contributed by atoms with Crippen LogP contribution >= 0.6 is 0 Å². The molecule has 0 aliphatic rings. The Bertz CT molecular complexity index is 335. The number of aliphatic hydroxyl groups excluding tert-OH is 1. The maximum atomic E-state index is 9.34. The normalized spacial score (nSPS) is 13.4. The third-order valence-electron chi connectivity index (χ3n) is 3.43. The third kappa shape index (κ3) is 4.49. The predicted octanol–water partition coefficient (Wildman–Crippen LogP) is 2.69. The third-order valence-corrected chi connectivity index (χ3v) is 3.43. The molecule has 0 radical (unpaired) electrons. The fraction of sp³-hybridized carbons (Fsp3) is 0.600. The number of aryl methyl sites for hydroxylation is 1. The smallest absolute Gasteiger partial charge is 0.0473 e. The van der Waals surface area contributed by atoms with Gasteiger partial charge in [0, 0.05) is 19.7 Å². The number of hydrogen-bond donors (Lipinski definition) is 1. The summed E-state index contributed by atoms with van der Waals surface area (Å²) in [6, 6.07) is 8.48. The lowest BCUT2D eigenvalue weighted by Crippen LogP contribution is -2.30.